The van der Waals surface area contributed by atoms with Gasteiger partial charge in [-0.15, -0.1) is 13.2 Å². The molecule has 7 nitrogen and oxygen atoms in total. The molecule has 12 heteroatoms. The van der Waals surface area contributed by atoms with E-state index in [1.165, 1.54) is 30.3 Å². The number of hydrogen-bond acceptors (Lipinski definition) is 5. The van der Waals surface area contributed by atoms with E-state index in [9.17, 15) is 27.5 Å². The molecule has 3 N–H and O–H groups in total. The molecule has 0 atom stereocenters. The van der Waals surface area contributed by atoms with Crippen molar-refractivity contribution >= 4 is 28.8 Å². The molecule has 2 heterocycles. The molecule has 1 saturated heterocycles. The molecule has 4 aromatic rings. The summed E-state index contributed by atoms with van der Waals surface area (Å²) < 4.78 is 71.2. The molecule has 2 aliphatic heterocycles. The molecule has 0 radical (unpaired) electrons. The van der Waals surface area contributed by atoms with Gasteiger partial charge in [0.05, 0.1) is 17.1 Å². The maximum Gasteiger partial charge on any atom is 0.573 e. The standard InChI is InChI=1S/C37H37F5N4O3/c1-35(2,3)21-45-18-16-36(17-19-45)22-46(32-31(36)27(20-28(39)33(32)47)23-8-10-24(38)11-9-23)30-7-5-4-6-29(30)44-34(48)43-25-12-14-26(15-13-25)49-37(40,41)42/h4-15,20,47H,16-19,21-22H2,1-3H3,(H2,43,44,48). The number of piperidine rings is 1. The fourth-order valence-corrected chi connectivity index (χ4v) is 7.01. The Morgan fingerprint density at radius 2 is 1.57 bits per heavy atom. The number of halogens is 5. The van der Waals surface area contributed by atoms with E-state index in [2.05, 4.69) is 41.0 Å². The van der Waals surface area contributed by atoms with Crippen LogP contribution in [0.15, 0.2) is 78.9 Å². The molecule has 258 valence electrons. The molecule has 1 spiro atoms. The van der Waals surface area contributed by atoms with E-state index in [4.69, 9.17) is 0 Å². The quantitative estimate of drug-likeness (QED) is 0.177. The maximum absolute atomic E-state index is 15.7. The second-order valence-electron chi connectivity index (χ2n) is 13.9. The Bertz CT molecular complexity index is 1830. The van der Waals surface area contributed by atoms with Crippen LogP contribution >= 0.6 is 0 Å². The van der Waals surface area contributed by atoms with E-state index >= 15 is 4.39 Å². The van der Waals surface area contributed by atoms with Gasteiger partial charge in [-0.05, 0) is 103 Å². The lowest BCUT2D eigenvalue weighted by Crippen LogP contribution is -2.47. The summed E-state index contributed by atoms with van der Waals surface area (Å²) in [4.78, 5) is 17.4. The van der Waals surface area contributed by atoms with Crippen molar-refractivity contribution in [2.45, 2.75) is 45.4 Å². The summed E-state index contributed by atoms with van der Waals surface area (Å²) in [6, 6.07) is 18.1. The third-order valence-corrected chi connectivity index (χ3v) is 8.94. The Morgan fingerprint density at radius 3 is 2.20 bits per heavy atom. The molecular formula is C37H37F5N4O3. The van der Waals surface area contributed by atoms with Crippen LogP contribution < -0.4 is 20.3 Å². The predicted octanol–water partition coefficient (Wildman–Crippen LogP) is 9.41. The largest absolute Gasteiger partial charge is 0.573 e. The molecule has 4 aromatic carbocycles. The van der Waals surface area contributed by atoms with E-state index in [-0.39, 0.29) is 11.1 Å². The van der Waals surface area contributed by atoms with Crippen molar-refractivity contribution in [2.75, 3.05) is 41.7 Å². The summed E-state index contributed by atoms with van der Waals surface area (Å²) in [5.74, 6) is -2.20. The average molecular weight is 681 g/mol. The number of aromatic hydroxyl groups is 1. The maximum atomic E-state index is 15.7. The van der Waals surface area contributed by atoms with Crippen molar-refractivity contribution in [3.05, 3.63) is 96.1 Å². The number of para-hydroxylation sites is 2. The molecule has 2 amide bonds. The van der Waals surface area contributed by atoms with Gasteiger partial charge in [-0.3, -0.25) is 0 Å². The van der Waals surface area contributed by atoms with Crippen molar-refractivity contribution in [3.63, 3.8) is 0 Å². The summed E-state index contributed by atoms with van der Waals surface area (Å²) in [6.45, 7) is 9.41. The zero-order valence-corrected chi connectivity index (χ0v) is 27.3. The third kappa shape index (κ3) is 7.44. The van der Waals surface area contributed by atoms with Crippen LogP contribution in [0, 0.1) is 17.0 Å². The third-order valence-electron chi connectivity index (χ3n) is 8.94. The minimum Gasteiger partial charge on any atom is -0.503 e. The fourth-order valence-electron chi connectivity index (χ4n) is 7.01. The second-order valence-corrected chi connectivity index (χ2v) is 13.9. The molecule has 1 fully saturated rings. The van der Waals surface area contributed by atoms with Gasteiger partial charge in [0.1, 0.15) is 11.6 Å². The highest BCUT2D eigenvalue weighted by Crippen LogP contribution is 2.57. The van der Waals surface area contributed by atoms with Crippen LogP contribution in [0.2, 0.25) is 0 Å². The highest BCUT2D eigenvalue weighted by Gasteiger charge is 2.49. The normalized spacial score (nSPS) is 16.0. The first-order valence-electron chi connectivity index (χ1n) is 16.0. The molecule has 49 heavy (non-hydrogen) atoms. The molecule has 2 aliphatic rings. The first kappa shape index (κ1) is 34.0. The fraction of sp³-hybridized carbons (Fsp3) is 0.324. The number of ether oxygens (including phenoxy) is 1. The predicted molar refractivity (Wildman–Crippen MR) is 179 cm³/mol. The van der Waals surface area contributed by atoms with Gasteiger partial charge in [-0.1, -0.05) is 45.0 Å². The number of urea groups is 1. The van der Waals surface area contributed by atoms with Crippen molar-refractivity contribution in [3.8, 4) is 22.6 Å². The number of phenolic OH excluding ortho intramolecular Hbond substituents is 1. The van der Waals surface area contributed by atoms with Crippen LogP contribution in [0.3, 0.4) is 0 Å². The molecule has 6 rings (SSSR count). The van der Waals surface area contributed by atoms with Gasteiger partial charge in [-0.25, -0.2) is 13.6 Å². The van der Waals surface area contributed by atoms with Gasteiger partial charge in [0.2, 0.25) is 0 Å². The van der Waals surface area contributed by atoms with Gasteiger partial charge < -0.3 is 30.3 Å². The van der Waals surface area contributed by atoms with Crippen molar-refractivity contribution in [1.29, 1.82) is 0 Å². The topological polar surface area (TPSA) is 77.1 Å². The lowest BCUT2D eigenvalue weighted by Gasteiger charge is -2.42. The van der Waals surface area contributed by atoms with Gasteiger partial charge in [-0.2, -0.15) is 0 Å². The summed E-state index contributed by atoms with van der Waals surface area (Å²) in [5, 5.41) is 16.8. The first-order chi connectivity index (χ1) is 23.1. The van der Waals surface area contributed by atoms with Crippen molar-refractivity contribution in [2.24, 2.45) is 5.41 Å². The summed E-state index contributed by atoms with van der Waals surface area (Å²) in [5.41, 5.74) is 2.92. The van der Waals surface area contributed by atoms with Crippen LogP contribution in [0.25, 0.3) is 11.1 Å². The number of alkyl halides is 3. The first-order valence-corrected chi connectivity index (χ1v) is 16.0. The van der Waals surface area contributed by atoms with E-state index in [1.807, 2.05) is 4.90 Å². The molecule has 0 bridgehead atoms. The summed E-state index contributed by atoms with van der Waals surface area (Å²) in [6.07, 6.45) is -3.41. The number of likely N-dealkylation sites (tertiary alicyclic amines) is 1. The highest BCUT2D eigenvalue weighted by atomic mass is 19.4. The number of hydrogen-bond donors (Lipinski definition) is 3. The molecule has 0 aliphatic carbocycles. The van der Waals surface area contributed by atoms with E-state index in [0.29, 0.717) is 34.7 Å². The van der Waals surface area contributed by atoms with Crippen LogP contribution in [0.5, 0.6) is 11.5 Å². The molecular weight excluding hydrogens is 643 g/mol. The number of anilines is 4. The number of nitrogens with one attached hydrogen (secondary N) is 2. The molecule has 0 aromatic heterocycles. The van der Waals surface area contributed by atoms with Gasteiger partial charge in [0.15, 0.2) is 11.6 Å². The van der Waals surface area contributed by atoms with Gasteiger partial charge >= 0.3 is 12.4 Å². The Balaban J connectivity index is 1.36. The van der Waals surface area contributed by atoms with Gasteiger partial charge in [0, 0.05) is 24.2 Å². The Kier molecular flexibility index (Phi) is 8.95. The number of carbonyl (C=O) groups is 1. The molecule has 0 saturated carbocycles. The zero-order valence-electron chi connectivity index (χ0n) is 27.3. The number of fused-ring (bicyclic) bond motifs is 2. The number of amides is 2. The second kappa shape index (κ2) is 12.9. The van der Waals surface area contributed by atoms with Gasteiger partial charge in [0.25, 0.3) is 0 Å². The van der Waals surface area contributed by atoms with E-state index in [0.717, 1.165) is 50.2 Å². The monoisotopic (exact) mass is 680 g/mol. The number of carbonyl (C=O) groups excluding carboxylic acids is 1. The lowest BCUT2D eigenvalue weighted by molar-refractivity contribution is -0.274. The minimum atomic E-state index is -4.84. The Morgan fingerprint density at radius 1 is 0.918 bits per heavy atom. The summed E-state index contributed by atoms with van der Waals surface area (Å²) in [7, 11) is 0. The molecule has 0 unspecified atom stereocenters. The van der Waals surface area contributed by atoms with Crippen molar-refractivity contribution in [1.82, 2.24) is 4.90 Å². The number of rotatable bonds is 6. The SMILES string of the molecule is CC(C)(C)CN1CCC2(CC1)CN(c1ccccc1NC(=O)Nc1ccc(OC(F)(F)F)cc1)c1c(O)c(F)cc(-c3ccc(F)cc3)c12. The number of phenols is 1. The minimum absolute atomic E-state index is 0.0921. The highest BCUT2D eigenvalue weighted by molar-refractivity contribution is 6.03. The van der Waals surface area contributed by atoms with E-state index < -0.39 is 40.9 Å². The Labute approximate surface area is 281 Å². The van der Waals surface area contributed by atoms with Crippen LogP contribution in [0.4, 0.5) is 49.5 Å². The smallest absolute Gasteiger partial charge is 0.503 e. The zero-order chi connectivity index (χ0) is 35.1. The lowest BCUT2D eigenvalue weighted by atomic mass is 9.71. The number of benzene rings is 4. The summed E-state index contributed by atoms with van der Waals surface area (Å²) >= 11 is 0. The van der Waals surface area contributed by atoms with Crippen LogP contribution in [-0.4, -0.2) is 48.6 Å². The Hall–Kier alpha value is -4.84. The van der Waals surface area contributed by atoms with Crippen molar-refractivity contribution < 1.29 is 36.6 Å². The van der Waals surface area contributed by atoms with E-state index in [1.54, 1.807) is 36.4 Å². The number of nitrogens with zero attached hydrogens (tertiary/aromatic N) is 2. The average Bonchev–Trinajstić information content (AvgIpc) is 3.35. The van der Waals surface area contributed by atoms with Crippen LogP contribution in [0.1, 0.15) is 39.2 Å². The van der Waals surface area contributed by atoms with Crippen LogP contribution in [-0.2, 0) is 5.41 Å².